The van der Waals surface area contributed by atoms with Gasteiger partial charge in [-0.1, -0.05) is 139 Å². The second kappa shape index (κ2) is 39.8. The first-order chi connectivity index (χ1) is 44.6. The predicted molar refractivity (Wildman–Crippen MR) is 369 cm³/mol. The van der Waals surface area contributed by atoms with Crippen molar-refractivity contribution in [2.24, 2.45) is 47.3 Å². The number of esters is 1. The predicted octanol–water partition coefficient (Wildman–Crippen LogP) is 5.86. The Balaban J connectivity index is 2.93. The van der Waals surface area contributed by atoms with E-state index in [1.807, 2.05) is 85.7 Å². The molecule has 96 heavy (non-hydrogen) atoms. The fourth-order valence-corrected chi connectivity index (χ4v) is 12.1. The van der Waals surface area contributed by atoms with E-state index in [0.29, 0.717) is 6.42 Å². The monoisotopic (exact) mass is 1350 g/mol. The Morgan fingerprint density at radius 2 is 1.01 bits per heavy atom. The Morgan fingerprint density at radius 1 is 0.531 bits per heavy atom. The van der Waals surface area contributed by atoms with Crippen LogP contribution in [0, 0.1) is 47.3 Å². The number of hydrogen-bond acceptors (Lipinski definition) is 14. The lowest BCUT2D eigenvalue weighted by molar-refractivity contribution is -0.157. The van der Waals surface area contributed by atoms with E-state index in [1.54, 1.807) is 53.7 Å². The van der Waals surface area contributed by atoms with Crippen LogP contribution >= 0.6 is 0 Å². The highest BCUT2D eigenvalue weighted by Crippen LogP contribution is 2.28. The number of aliphatic hydroxyl groups excluding tert-OH is 1. The number of aliphatic hydroxyl groups is 1. The third kappa shape index (κ3) is 25.0. The lowest BCUT2D eigenvalue weighted by atomic mass is 9.85. The van der Waals surface area contributed by atoms with Crippen molar-refractivity contribution in [1.29, 1.82) is 0 Å². The largest absolute Gasteiger partial charge is 0.461 e. The van der Waals surface area contributed by atoms with Crippen molar-refractivity contribution < 1.29 is 67.4 Å². The third-order valence-electron chi connectivity index (χ3n) is 18.1. The van der Waals surface area contributed by atoms with Gasteiger partial charge in [-0.3, -0.25) is 57.5 Å². The minimum Gasteiger partial charge on any atom is -0.461 e. The summed E-state index contributed by atoms with van der Waals surface area (Å²) in [7, 11) is 9.93. The van der Waals surface area contributed by atoms with Gasteiger partial charge < -0.3 is 60.1 Å². The number of allylic oxidation sites excluding steroid dienone is 2. The van der Waals surface area contributed by atoms with E-state index < -0.39 is 162 Å². The summed E-state index contributed by atoms with van der Waals surface area (Å²) in [5, 5.41) is 20.6. The molecule has 1 aliphatic rings. The highest BCUT2D eigenvalue weighted by atomic mass is 16.5. The molecule has 1 heterocycles. The van der Waals surface area contributed by atoms with E-state index in [9.17, 15) is 43.5 Å². The zero-order chi connectivity index (χ0) is 73.5. The summed E-state index contributed by atoms with van der Waals surface area (Å²) < 4.78 is 5.42. The fourth-order valence-electron chi connectivity index (χ4n) is 12.1. The van der Waals surface area contributed by atoms with Gasteiger partial charge in [-0.2, -0.15) is 0 Å². The minimum absolute atomic E-state index is 0.0108. The molecular weight excluding hydrogens is 1230 g/mol. The Bertz CT molecular complexity index is 2810. The smallest absolute Gasteiger partial charge is 0.306 e. The van der Waals surface area contributed by atoms with Crippen LogP contribution in [0.25, 0.3) is 0 Å². The fraction of sp³-hybridized carbons (Fsp3) is 0.722. The van der Waals surface area contributed by atoms with E-state index in [1.165, 1.54) is 87.7 Å². The maximum Gasteiger partial charge on any atom is 0.306 e. The number of amides is 10. The van der Waals surface area contributed by atoms with Gasteiger partial charge >= 0.3 is 5.97 Å². The van der Waals surface area contributed by atoms with E-state index >= 15 is 19.2 Å². The van der Waals surface area contributed by atoms with Gasteiger partial charge in [0.05, 0.1) is 18.7 Å². The first-order valence-corrected chi connectivity index (χ1v) is 34.4. The Hall–Kier alpha value is -7.24. The number of ketones is 1. The molecule has 0 aromatic heterocycles. The quantitative estimate of drug-likeness (QED) is 0.0878. The molecule has 0 unspecified atom stereocenters. The molecule has 24 nitrogen and oxygen atoms in total. The summed E-state index contributed by atoms with van der Waals surface area (Å²) in [5.74, 6) is -11.0. The van der Waals surface area contributed by atoms with Crippen LogP contribution in [0.1, 0.15) is 174 Å². The van der Waals surface area contributed by atoms with E-state index in [2.05, 4.69) is 16.0 Å². The Labute approximate surface area is 573 Å². The summed E-state index contributed by atoms with van der Waals surface area (Å²) in [6.07, 6.45) is 2.74. The lowest BCUT2D eigenvalue weighted by Gasteiger charge is -2.41. The van der Waals surface area contributed by atoms with E-state index in [4.69, 9.17) is 4.74 Å². The molecule has 0 radical (unpaired) electrons. The van der Waals surface area contributed by atoms with Gasteiger partial charge in [0.15, 0.2) is 5.78 Å². The highest BCUT2D eigenvalue weighted by molar-refractivity contribution is 5.99. The maximum atomic E-state index is 15.4. The SMILES string of the molecule is CC[C@@H]1NC(=O)[C@H]([C@H](O)[C@H](C)C/C=C/CCC(=O)OCc2ccccc2)N(C)C(=O)[C@H](C(C)C)N(C)C(=O)[C@H](CC(C)C)N(C)C(=O)[C@H](CC(C)C)N(C)C(=O)[C@@H](C)NC(=O)[C@H](C)NC(=O)[C@H](CC(C)C)N(C)C(=O)[C@H](C(C)C)CC(=O)[C@H](CC(C)C)N(C)C(=O)CN(C)C1=O. The molecule has 24 heteroatoms. The number of carbonyl (C=O) groups is 12. The third-order valence-corrected chi connectivity index (χ3v) is 18.1. The number of nitrogens with one attached hydrogen (secondary N) is 3. The van der Waals surface area contributed by atoms with Crippen LogP contribution in [0.15, 0.2) is 42.5 Å². The van der Waals surface area contributed by atoms with Crippen LogP contribution in [-0.4, -0.2) is 227 Å². The van der Waals surface area contributed by atoms with Gasteiger partial charge in [-0.25, -0.2) is 0 Å². The molecule has 0 aliphatic carbocycles. The molecule has 1 fully saturated rings. The molecule has 1 aromatic carbocycles. The Kier molecular flexibility index (Phi) is 35.2. The number of likely N-dealkylation sites (N-methyl/N-ethyl adjacent to an activating group) is 7. The van der Waals surface area contributed by atoms with Gasteiger partial charge in [0.25, 0.3) is 0 Å². The molecule has 12 atom stereocenters. The number of benzene rings is 1. The van der Waals surface area contributed by atoms with Gasteiger partial charge in [-0.05, 0) is 106 Å². The summed E-state index contributed by atoms with van der Waals surface area (Å²) >= 11 is 0. The van der Waals surface area contributed by atoms with Crippen molar-refractivity contribution in [1.82, 2.24) is 50.2 Å². The molecule has 542 valence electrons. The number of ether oxygens (including phenoxy) is 1. The van der Waals surface area contributed by atoms with E-state index in [0.717, 1.165) is 15.4 Å². The minimum atomic E-state index is -1.70. The van der Waals surface area contributed by atoms with Gasteiger partial charge in [0, 0.05) is 68.1 Å². The normalized spacial score (nSPS) is 25.1. The molecule has 0 bridgehead atoms. The maximum absolute atomic E-state index is 15.4. The van der Waals surface area contributed by atoms with Crippen molar-refractivity contribution >= 4 is 70.8 Å². The summed E-state index contributed by atoms with van der Waals surface area (Å²) in [6, 6.07) is -2.06. The first kappa shape index (κ1) is 84.8. The van der Waals surface area contributed by atoms with Crippen molar-refractivity contribution in [2.75, 3.05) is 55.9 Å². The lowest BCUT2D eigenvalue weighted by Crippen LogP contribution is -2.63. The Morgan fingerprint density at radius 3 is 1.52 bits per heavy atom. The summed E-state index contributed by atoms with van der Waals surface area (Å²) in [4.78, 5) is 183. The van der Waals surface area contributed by atoms with Crippen LogP contribution < -0.4 is 16.0 Å². The zero-order valence-corrected chi connectivity index (χ0v) is 62.1. The molecule has 4 N–H and O–H groups in total. The number of rotatable bonds is 20. The van der Waals surface area contributed by atoms with Gasteiger partial charge in [-0.15, -0.1) is 0 Å². The van der Waals surface area contributed by atoms with Gasteiger partial charge in [0.2, 0.25) is 59.1 Å². The van der Waals surface area contributed by atoms with Crippen molar-refractivity contribution in [3.8, 4) is 0 Å². The average Bonchev–Trinajstić information content (AvgIpc) is 0.810. The molecule has 1 saturated heterocycles. The van der Waals surface area contributed by atoms with Crippen LogP contribution in [0.5, 0.6) is 0 Å². The van der Waals surface area contributed by atoms with Crippen molar-refractivity contribution in [3.05, 3.63) is 48.0 Å². The van der Waals surface area contributed by atoms with Crippen molar-refractivity contribution in [2.45, 2.75) is 236 Å². The van der Waals surface area contributed by atoms with Crippen LogP contribution in [0.3, 0.4) is 0 Å². The van der Waals surface area contributed by atoms with Crippen molar-refractivity contribution in [3.63, 3.8) is 0 Å². The second-order valence-electron chi connectivity index (χ2n) is 29.0. The molecule has 10 amide bonds. The topological polar surface area (TPSA) is 293 Å². The standard InChI is InChI=1S/C72H120N10O14/c1-24-53-69(92)76(17)40-59(84)77(18)54(35-42(2)3)58(83)39-52(46(10)11)68(91)78(19)55(36-43(4)5)65(88)73-49(15)64(87)74-50(16)67(90)79(20)56(37-44(6)7)70(93)80(21)57(38-45(8)9)71(94)81(22)61(47(12)13)72(95)82(23)62(66(89)75-53)63(86)48(14)31-27-25-30-34-60(85)96-41-51-32-28-26-29-33-51/h25-29,32-33,42-50,52-57,61-63,86H,24,30-31,34-41H2,1-23H3,(H,73,88)(H,74,87)(H,75,89)/b27-25+/t48-,49+,50-,52+,53+,54+,55+,56+,57+,61+,62+,63-/m1/s1. The van der Waals surface area contributed by atoms with E-state index in [-0.39, 0.29) is 81.6 Å². The second-order valence-corrected chi connectivity index (χ2v) is 29.0. The zero-order valence-electron chi connectivity index (χ0n) is 62.1. The number of carbonyl (C=O) groups excluding carboxylic acids is 12. The van der Waals surface area contributed by atoms with Crippen LogP contribution in [-0.2, 0) is 68.9 Å². The van der Waals surface area contributed by atoms with Crippen LogP contribution in [0.4, 0.5) is 0 Å². The average molecular weight is 1350 g/mol. The first-order valence-electron chi connectivity index (χ1n) is 34.4. The molecule has 2 rings (SSSR count). The number of nitrogens with zero attached hydrogens (tertiary/aromatic N) is 7. The molecule has 0 spiro atoms. The number of hydrogen-bond donors (Lipinski definition) is 4. The number of Topliss-reactive ketones (excluding diaryl/α,β-unsaturated/α-hetero) is 1. The molecule has 0 saturated carbocycles. The van der Waals surface area contributed by atoms with Gasteiger partial charge in [0.1, 0.15) is 54.9 Å². The van der Waals surface area contributed by atoms with Crippen LogP contribution in [0.2, 0.25) is 0 Å². The molecular formula is C72H120N10O14. The molecule has 1 aliphatic heterocycles. The highest BCUT2D eigenvalue weighted by Gasteiger charge is 2.46. The molecule has 1 aromatic rings. The summed E-state index contributed by atoms with van der Waals surface area (Å²) in [5.41, 5.74) is 0.839. The summed E-state index contributed by atoms with van der Waals surface area (Å²) in [6.45, 7) is 27.7.